The monoisotopic (exact) mass is 457 g/mol. The first-order valence-electron chi connectivity index (χ1n) is 11.8. The fraction of sp³-hybridized carbons (Fsp3) is 0.0968. The van der Waals surface area contributed by atoms with Crippen LogP contribution in [0.25, 0.3) is 10.9 Å². The molecule has 0 fully saturated rings. The van der Waals surface area contributed by atoms with E-state index in [1.165, 1.54) is 11.1 Å². The topological polar surface area (TPSA) is 46.4 Å². The van der Waals surface area contributed by atoms with E-state index in [-0.39, 0.29) is 5.91 Å². The molecule has 1 N–H and O–H groups in total. The summed E-state index contributed by atoms with van der Waals surface area (Å²) in [4.78, 5) is 13.2. The second kappa shape index (κ2) is 10.2. The minimum atomic E-state index is -0.433. The number of para-hydroxylation sites is 1. The number of aromatic nitrogens is 1. The highest BCUT2D eigenvalue weighted by Crippen LogP contribution is 2.25. The van der Waals surface area contributed by atoms with Crippen molar-refractivity contribution in [1.82, 2.24) is 9.99 Å². The zero-order valence-electron chi connectivity index (χ0n) is 19.6. The van der Waals surface area contributed by atoms with Gasteiger partial charge in [0.05, 0.1) is 12.1 Å². The SMILES string of the molecule is Cc1ccc(Cn2cc(/C=N\NC(=O)C(c3ccccc3)c3ccccc3)c3ccccc32)cc1. The van der Waals surface area contributed by atoms with Crippen LogP contribution < -0.4 is 5.43 Å². The van der Waals surface area contributed by atoms with E-state index in [1.807, 2.05) is 72.8 Å². The molecule has 0 bridgehead atoms. The van der Waals surface area contributed by atoms with Gasteiger partial charge >= 0.3 is 0 Å². The predicted octanol–water partition coefficient (Wildman–Crippen LogP) is 6.28. The molecular formula is C31H27N3O. The molecule has 1 aromatic heterocycles. The fourth-order valence-corrected chi connectivity index (χ4v) is 4.42. The van der Waals surface area contributed by atoms with E-state index in [4.69, 9.17) is 0 Å². The summed E-state index contributed by atoms with van der Waals surface area (Å²) in [5.74, 6) is -0.598. The van der Waals surface area contributed by atoms with Gasteiger partial charge in [0, 0.05) is 29.2 Å². The summed E-state index contributed by atoms with van der Waals surface area (Å²) < 4.78 is 2.22. The Morgan fingerprint density at radius 1 is 0.829 bits per heavy atom. The first-order valence-corrected chi connectivity index (χ1v) is 11.8. The smallest absolute Gasteiger partial charge is 0.252 e. The molecule has 4 nitrogen and oxygen atoms in total. The number of hydrogen-bond donors (Lipinski definition) is 1. The Bertz CT molecular complexity index is 1410. The minimum Gasteiger partial charge on any atom is -0.342 e. The maximum Gasteiger partial charge on any atom is 0.252 e. The number of rotatable bonds is 7. The van der Waals surface area contributed by atoms with E-state index >= 15 is 0 Å². The Hall–Kier alpha value is -4.44. The van der Waals surface area contributed by atoms with Gasteiger partial charge in [0.2, 0.25) is 0 Å². The standard InChI is InChI=1S/C31H27N3O/c1-23-16-18-24(19-17-23)21-34-22-27(28-14-8-9-15-29(28)34)20-32-33-31(35)30(25-10-4-2-5-11-25)26-12-6-3-7-13-26/h2-20,22,30H,21H2,1H3,(H,33,35)/b32-20-. The summed E-state index contributed by atoms with van der Waals surface area (Å²) in [7, 11) is 0. The molecule has 0 aliphatic heterocycles. The van der Waals surface area contributed by atoms with E-state index in [9.17, 15) is 4.79 Å². The third kappa shape index (κ3) is 5.07. The van der Waals surface area contributed by atoms with Crippen LogP contribution in [0.1, 0.15) is 33.7 Å². The summed E-state index contributed by atoms with van der Waals surface area (Å²) in [5.41, 5.74) is 9.22. The number of amides is 1. The molecule has 5 rings (SSSR count). The van der Waals surface area contributed by atoms with Crippen molar-refractivity contribution in [3.8, 4) is 0 Å². The van der Waals surface area contributed by atoms with Gasteiger partial charge in [0.25, 0.3) is 5.91 Å². The number of nitrogens with zero attached hydrogens (tertiary/aromatic N) is 2. The molecule has 172 valence electrons. The highest BCUT2D eigenvalue weighted by molar-refractivity contribution is 6.00. The van der Waals surface area contributed by atoms with Crippen LogP contribution in [0.4, 0.5) is 0 Å². The van der Waals surface area contributed by atoms with Gasteiger partial charge in [-0.25, -0.2) is 5.43 Å². The average Bonchev–Trinajstić information content (AvgIpc) is 3.24. The Kier molecular flexibility index (Phi) is 6.53. The van der Waals surface area contributed by atoms with Crippen molar-refractivity contribution in [1.29, 1.82) is 0 Å². The molecular weight excluding hydrogens is 430 g/mol. The number of aryl methyl sites for hydroxylation is 1. The molecule has 4 aromatic carbocycles. The van der Waals surface area contributed by atoms with Crippen molar-refractivity contribution in [3.05, 3.63) is 143 Å². The quantitative estimate of drug-likeness (QED) is 0.227. The molecule has 0 aliphatic carbocycles. The first kappa shape index (κ1) is 22.4. The molecule has 0 atom stereocenters. The lowest BCUT2D eigenvalue weighted by atomic mass is 9.91. The van der Waals surface area contributed by atoms with Gasteiger partial charge in [-0.15, -0.1) is 0 Å². The molecule has 1 amide bonds. The van der Waals surface area contributed by atoms with Crippen LogP contribution in [0.2, 0.25) is 0 Å². The number of benzene rings is 4. The number of nitrogens with one attached hydrogen (secondary N) is 1. The van der Waals surface area contributed by atoms with Crippen molar-refractivity contribution >= 4 is 23.0 Å². The number of hydrazone groups is 1. The highest BCUT2D eigenvalue weighted by atomic mass is 16.2. The van der Waals surface area contributed by atoms with E-state index < -0.39 is 5.92 Å². The lowest BCUT2D eigenvalue weighted by molar-refractivity contribution is -0.121. The van der Waals surface area contributed by atoms with Crippen molar-refractivity contribution in [2.75, 3.05) is 0 Å². The lowest BCUT2D eigenvalue weighted by Crippen LogP contribution is -2.26. The minimum absolute atomic E-state index is 0.165. The maximum absolute atomic E-state index is 13.2. The predicted molar refractivity (Wildman–Crippen MR) is 143 cm³/mol. The van der Waals surface area contributed by atoms with Gasteiger partial charge in [-0.05, 0) is 29.7 Å². The van der Waals surface area contributed by atoms with Gasteiger partial charge in [-0.1, -0.05) is 109 Å². The normalized spacial score (nSPS) is 11.4. The van der Waals surface area contributed by atoms with Crippen LogP contribution in [0, 0.1) is 6.92 Å². The number of fused-ring (bicyclic) bond motifs is 1. The Balaban J connectivity index is 1.39. The van der Waals surface area contributed by atoms with E-state index in [2.05, 4.69) is 64.6 Å². The second-order valence-electron chi connectivity index (χ2n) is 8.70. The highest BCUT2D eigenvalue weighted by Gasteiger charge is 2.22. The Morgan fingerprint density at radius 2 is 1.43 bits per heavy atom. The average molecular weight is 458 g/mol. The van der Waals surface area contributed by atoms with Crippen LogP contribution in [0.15, 0.2) is 120 Å². The molecule has 0 aliphatic rings. The van der Waals surface area contributed by atoms with Crippen molar-refractivity contribution in [2.24, 2.45) is 5.10 Å². The molecule has 0 saturated heterocycles. The van der Waals surface area contributed by atoms with Gasteiger partial charge in [-0.3, -0.25) is 4.79 Å². The van der Waals surface area contributed by atoms with Crippen LogP contribution >= 0.6 is 0 Å². The Morgan fingerprint density at radius 3 is 2.09 bits per heavy atom. The van der Waals surface area contributed by atoms with Crippen LogP contribution in [0.5, 0.6) is 0 Å². The van der Waals surface area contributed by atoms with Gasteiger partial charge in [0.1, 0.15) is 0 Å². The molecule has 0 radical (unpaired) electrons. The Labute approximate surface area is 205 Å². The van der Waals surface area contributed by atoms with Crippen LogP contribution in [0.3, 0.4) is 0 Å². The molecule has 0 spiro atoms. The zero-order valence-corrected chi connectivity index (χ0v) is 19.6. The van der Waals surface area contributed by atoms with Gasteiger partial charge in [-0.2, -0.15) is 5.10 Å². The molecule has 4 heteroatoms. The van der Waals surface area contributed by atoms with E-state index in [1.54, 1.807) is 6.21 Å². The number of hydrogen-bond acceptors (Lipinski definition) is 2. The summed E-state index contributed by atoms with van der Waals surface area (Å²) in [6.07, 6.45) is 3.82. The lowest BCUT2D eigenvalue weighted by Gasteiger charge is -2.16. The molecule has 0 unspecified atom stereocenters. The van der Waals surface area contributed by atoms with Gasteiger partial charge < -0.3 is 4.57 Å². The summed E-state index contributed by atoms with van der Waals surface area (Å²) >= 11 is 0. The fourth-order valence-electron chi connectivity index (χ4n) is 4.42. The van der Waals surface area contributed by atoms with Gasteiger partial charge in [0.15, 0.2) is 0 Å². The number of carbonyl (C=O) groups excluding carboxylic acids is 1. The third-order valence-corrected chi connectivity index (χ3v) is 6.20. The van der Waals surface area contributed by atoms with Crippen molar-refractivity contribution in [2.45, 2.75) is 19.4 Å². The number of carbonyl (C=O) groups is 1. The molecule has 5 aromatic rings. The van der Waals surface area contributed by atoms with Crippen LogP contribution in [-0.2, 0) is 11.3 Å². The summed E-state index contributed by atoms with van der Waals surface area (Å²) in [6.45, 7) is 2.86. The molecule has 0 saturated carbocycles. The molecule has 1 heterocycles. The maximum atomic E-state index is 13.2. The van der Waals surface area contributed by atoms with E-state index in [0.29, 0.717) is 0 Å². The zero-order chi connectivity index (χ0) is 24.0. The third-order valence-electron chi connectivity index (χ3n) is 6.20. The van der Waals surface area contributed by atoms with Crippen LogP contribution in [-0.4, -0.2) is 16.7 Å². The molecule has 35 heavy (non-hydrogen) atoms. The van der Waals surface area contributed by atoms with E-state index in [0.717, 1.165) is 34.1 Å². The van der Waals surface area contributed by atoms with Crippen molar-refractivity contribution < 1.29 is 4.79 Å². The first-order chi connectivity index (χ1) is 17.2. The summed E-state index contributed by atoms with van der Waals surface area (Å²) in [5, 5.41) is 5.46. The second-order valence-corrected chi connectivity index (χ2v) is 8.70. The largest absolute Gasteiger partial charge is 0.342 e. The van der Waals surface area contributed by atoms with Crippen molar-refractivity contribution in [3.63, 3.8) is 0 Å². The summed E-state index contributed by atoms with van der Waals surface area (Å²) in [6, 6.07) is 36.4.